The van der Waals surface area contributed by atoms with E-state index in [4.69, 9.17) is 0 Å². The van der Waals surface area contributed by atoms with Crippen molar-refractivity contribution in [2.24, 2.45) is 23.7 Å². The molecule has 2 spiro atoms. The Morgan fingerprint density at radius 2 is 1.13 bits per heavy atom. The van der Waals surface area contributed by atoms with Crippen molar-refractivity contribution < 1.29 is 0 Å². The van der Waals surface area contributed by atoms with Gasteiger partial charge in [-0.15, -0.1) is 11.3 Å². The fourth-order valence-corrected chi connectivity index (χ4v) is 14.8. The summed E-state index contributed by atoms with van der Waals surface area (Å²) in [6.07, 6.45) is 12.2. The highest BCUT2D eigenvalue weighted by molar-refractivity contribution is 7.25. The first-order chi connectivity index (χ1) is 26.2. The van der Waals surface area contributed by atoms with E-state index in [1.165, 1.54) is 117 Å². The first-order valence-electron chi connectivity index (χ1n) is 20.4. The van der Waals surface area contributed by atoms with E-state index in [9.17, 15) is 0 Å². The molecule has 7 aliphatic rings. The van der Waals surface area contributed by atoms with Gasteiger partial charge in [0.05, 0.1) is 5.69 Å². The van der Waals surface area contributed by atoms with Gasteiger partial charge in [-0.1, -0.05) is 97.8 Å². The Morgan fingerprint density at radius 1 is 0.491 bits per heavy atom. The molecule has 0 atom stereocenters. The van der Waals surface area contributed by atoms with Crippen molar-refractivity contribution >= 4 is 48.6 Å². The minimum absolute atomic E-state index is 0.122. The van der Waals surface area contributed by atoms with Crippen LogP contribution in [0.1, 0.15) is 80.0 Å². The van der Waals surface area contributed by atoms with Crippen LogP contribution in [0, 0.1) is 23.7 Å². The van der Waals surface area contributed by atoms with Crippen molar-refractivity contribution in [1.29, 1.82) is 0 Å². The Balaban J connectivity index is 1.08. The van der Waals surface area contributed by atoms with Crippen LogP contribution in [0.2, 0.25) is 0 Å². The zero-order valence-electron chi connectivity index (χ0n) is 30.2. The maximum Gasteiger partial charge on any atom is 0.0543 e. The van der Waals surface area contributed by atoms with E-state index < -0.39 is 0 Å². The van der Waals surface area contributed by atoms with E-state index in [0.29, 0.717) is 0 Å². The third-order valence-electron chi connectivity index (χ3n) is 15.4. The molecule has 2 heteroatoms. The van der Waals surface area contributed by atoms with Gasteiger partial charge in [0.15, 0.2) is 0 Å². The first kappa shape index (κ1) is 29.8. The summed E-state index contributed by atoms with van der Waals surface area (Å²) in [5.74, 6) is 3.37. The molecule has 0 unspecified atom stereocenters. The molecule has 0 saturated heterocycles. The van der Waals surface area contributed by atoms with E-state index in [2.05, 4.69) is 132 Å². The lowest BCUT2D eigenvalue weighted by Crippen LogP contribution is -2.55. The van der Waals surface area contributed by atoms with Crippen LogP contribution in [-0.2, 0) is 10.8 Å². The number of anilines is 3. The van der Waals surface area contributed by atoms with Crippen molar-refractivity contribution in [3.8, 4) is 22.3 Å². The number of nitrogens with zero attached hydrogens (tertiary/aromatic N) is 1. The number of fused-ring (bicyclic) bond motifs is 11. The molecule has 1 nitrogen and oxygen atoms in total. The van der Waals surface area contributed by atoms with Crippen LogP contribution in [0.4, 0.5) is 17.1 Å². The lowest BCUT2D eigenvalue weighted by atomic mass is 9.43. The monoisotopic (exact) mass is 701 g/mol. The summed E-state index contributed by atoms with van der Waals surface area (Å²) in [6, 6.07) is 50.2. The van der Waals surface area contributed by atoms with Crippen molar-refractivity contribution in [3.05, 3.63) is 150 Å². The lowest BCUT2D eigenvalue weighted by Gasteiger charge is -2.61. The summed E-state index contributed by atoms with van der Waals surface area (Å²) in [6.45, 7) is 0. The Labute approximate surface area is 316 Å². The van der Waals surface area contributed by atoms with Crippen LogP contribution in [0.5, 0.6) is 0 Å². The van der Waals surface area contributed by atoms with Gasteiger partial charge in [0.25, 0.3) is 0 Å². The van der Waals surface area contributed by atoms with Gasteiger partial charge >= 0.3 is 0 Å². The standard InChI is InChI=1S/C51H43NS/c1-4-13-42-37(10-1)38-20-18-36(30-45(38)50(42)22-7-8-23-50)52(35-19-21-48-41(29-35)39-11-3-6-17-47(39)53-48)46-16-9-15-44-49(46)40-12-2-5-14-43(40)51(44)33-25-31-24-32(27-33)28-34(51)26-31/h1-6,9-21,29-34H,7-8,22-28H2. The largest absolute Gasteiger partial charge is 0.310 e. The number of hydrogen-bond donors (Lipinski definition) is 0. The zero-order chi connectivity index (χ0) is 34.5. The van der Waals surface area contributed by atoms with Crippen molar-refractivity contribution in [2.45, 2.75) is 68.6 Å². The van der Waals surface area contributed by atoms with E-state index in [1.54, 1.807) is 22.3 Å². The van der Waals surface area contributed by atoms with E-state index in [1.807, 2.05) is 11.3 Å². The van der Waals surface area contributed by atoms with Gasteiger partial charge in [-0.05, 0) is 150 Å². The van der Waals surface area contributed by atoms with E-state index in [-0.39, 0.29) is 10.8 Å². The molecule has 7 aliphatic carbocycles. The van der Waals surface area contributed by atoms with E-state index in [0.717, 1.165) is 23.7 Å². The quantitative estimate of drug-likeness (QED) is 0.177. The number of rotatable bonds is 3. The molecule has 1 heterocycles. The van der Waals surface area contributed by atoms with Gasteiger partial charge in [0.2, 0.25) is 0 Å². The van der Waals surface area contributed by atoms with Crippen LogP contribution in [0.25, 0.3) is 42.4 Å². The second-order valence-corrected chi connectivity index (χ2v) is 18.7. The van der Waals surface area contributed by atoms with Crippen LogP contribution in [-0.4, -0.2) is 0 Å². The zero-order valence-corrected chi connectivity index (χ0v) is 31.0. The summed E-state index contributed by atoms with van der Waals surface area (Å²) >= 11 is 1.92. The molecule has 0 aliphatic heterocycles. The minimum Gasteiger partial charge on any atom is -0.310 e. The van der Waals surface area contributed by atoms with Gasteiger partial charge in [0, 0.05) is 47.9 Å². The smallest absolute Gasteiger partial charge is 0.0543 e. The lowest BCUT2D eigenvalue weighted by molar-refractivity contribution is -0.0399. The molecule has 0 amide bonds. The molecule has 53 heavy (non-hydrogen) atoms. The average Bonchev–Trinajstić information content (AvgIpc) is 3.96. The second-order valence-electron chi connectivity index (χ2n) is 17.6. The third-order valence-corrected chi connectivity index (χ3v) is 16.5. The molecule has 5 saturated carbocycles. The molecule has 7 aromatic rings. The average molecular weight is 702 g/mol. The van der Waals surface area contributed by atoms with Gasteiger partial charge in [-0.3, -0.25) is 0 Å². The summed E-state index contributed by atoms with van der Waals surface area (Å²) in [5, 5.41) is 2.72. The van der Waals surface area contributed by atoms with Crippen LogP contribution >= 0.6 is 11.3 Å². The molecule has 1 aromatic heterocycles. The molecule has 5 fully saturated rings. The van der Waals surface area contributed by atoms with Crippen LogP contribution in [0.15, 0.2) is 127 Å². The van der Waals surface area contributed by atoms with Crippen LogP contribution < -0.4 is 4.90 Å². The number of hydrogen-bond acceptors (Lipinski definition) is 2. The number of benzene rings is 6. The predicted octanol–water partition coefficient (Wildman–Crippen LogP) is 14.1. The second kappa shape index (κ2) is 10.5. The molecule has 0 radical (unpaired) electrons. The Bertz CT molecular complexity index is 2640. The highest BCUT2D eigenvalue weighted by Gasteiger charge is 2.62. The molecular formula is C51H43NS. The maximum atomic E-state index is 2.67. The summed E-state index contributed by atoms with van der Waals surface area (Å²) in [7, 11) is 0. The molecule has 14 rings (SSSR count). The molecule has 4 bridgehead atoms. The highest BCUT2D eigenvalue weighted by Crippen LogP contribution is 2.70. The third kappa shape index (κ3) is 3.74. The first-order valence-corrected chi connectivity index (χ1v) is 21.2. The van der Waals surface area contributed by atoms with Gasteiger partial charge < -0.3 is 4.90 Å². The van der Waals surface area contributed by atoms with Crippen molar-refractivity contribution in [1.82, 2.24) is 0 Å². The Morgan fingerprint density at radius 3 is 1.96 bits per heavy atom. The van der Waals surface area contributed by atoms with Crippen molar-refractivity contribution in [2.75, 3.05) is 4.90 Å². The van der Waals surface area contributed by atoms with Crippen LogP contribution in [0.3, 0.4) is 0 Å². The van der Waals surface area contributed by atoms with E-state index >= 15 is 0 Å². The molecule has 0 N–H and O–H groups in total. The predicted molar refractivity (Wildman–Crippen MR) is 222 cm³/mol. The highest BCUT2D eigenvalue weighted by atomic mass is 32.1. The maximum absolute atomic E-state index is 2.67. The Kier molecular flexibility index (Phi) is 5.90. The van der Waals surface area contributed by atoms with Gasteiger partial charge in [-0.2, -0.15) is 0 Å². The normalized spacial score (nSPS) is 26.4. The minimum atomic E-state index is 0.122. The van der Waals surface area contributed by atoms with Gasteiger partial charge in [-0.25, -0.2) is 0 Å². The Hall–Kier alpha value is -4.66. The SMILES string of the molecule is c1ccc2c(c1)-c1ccc(N(c3ccc4sc5ccccc5c4c3)c3cccc4c3-c3ccccc3C43C4CC5CC(C4)CC3C5)cc1C21CCCC1. The summed E-state index contributed by atoms with van der Waals surface area (Å²) in [4.78, 5) is 2.67. The fourth-order valence-electron chi connectivity index (χ4n) is 13.7. The molecular weight excluding hydrogens is 659 g/mol. The summed E-state index contributed by atoms with van der Waals surface area (Å²) < 4.78 is 2.73. The van der Waals surface area contributed by atoms with Gasteiger partial charge in [0.1, 0.15) is 0 Å². The topological polar surface area (TPSA) is 3.24 Å². The molecule has 6 aromatic carbocycles. The number of thiophene rings is 1. The summed E-state index contributed by atoms with van der Waals surface area (Å²) in [5.41, 5.74) is 16.4. The molecule has 258 valence electrons. The van der Waals surface area contributed by atoms with Crippen molar-refractivity contribution in [3.63, 3.8) is 0 Å². The fraction of sp³-hybridized carbons (Fsp3) is 0.294.